The molecule has 76 valence electrons. The molecule has 0 aromatic heterocycles. The lowest BCUT2D eigenvalue weighted by atomic mass is 10.2. The monoisotopic (exact) mass is 192 g/mol. The molecule has 7 heteroatoms. The van der Waals surface area contributed by atoms with Crippen LogP contribution in [0.15, 0.2) is 0 Å². The van der Waals surface area contributed by atoms with Gasteiger partial charge in [0, 0.05) is 0 Å². The number of nitrogens with one attached hydrogen (secondary N) is 1. The van der Waals surface area contributed by atoms with E-state index < -0.39 is 17.8 Å². The molecule has 7 nitrogen and oxygen atoms in total. The van der Waals surface area contributed by atoms with Crippen LogP contribution >= 0.6 is 0 Å². The summed E-state index contributed by atoms with van der Waals surface area (Å²) in [6.45, 7) is 4.75. The molecular weight excluding hydrogens is 180 g/mol. The highest BCUT2D eigenvalue weighted by Crippen LogP contribution is 2.07. The quantitative estimate of drug-likeness (QED) is 0.389. The van der Waals surface area contributed by atoms with E-state index in [1.807, 2.05) is 0 Å². The summed E-state index contributed by atoms with van der Waals surface area (Å²) in [5.74, 6) is 0. The summed E-state index contributed by atoms with van der Waals surface area (Å²) in [5, 5.41) is 16.6. The van der Waals surface area contributed by atoms with Crippen LogP contribution in [0.2, 0.25) is 0 Å². The molecule has 0 fully saturated rings. The SMILES string of the molecule is CC(C)(C)OC(=O)N(O)NC(=O)O. The van der Waals surface area contributed by atoms with E-state index in [9.17, 15) is 9.59 Å². The lowest BCUT2D eigenvalue weighted by molar-refractivity contribution is -0.120. The van der Waals surface area contributed by atoms with Gasteiger partial charge in [0.15, 0.2) is 0 Å². The molecule has 3 N–H and O–H groups in total. The van der Waals surface area contributed by atoms with E-state index in [0.717, 1.165) is 0 Å². The van der Waals surface area contributed by atoms with Gasteiger partial charge in [0.05, 0.1) is 0 Å². The second-order valence-electron chi connectivity index (χ2n) is 3.21. The van der Waals surface area contributed by atoms with Crippen molar-refractivity contribution in [3.05, 3.63) is 0 Å². The van der Waals surface area contributed by atoms with Crippen LogP contribution in [-0.4, -0.2) is 33.3 Å². The lowest BCUT2D eigenvalue weighted by Gasteiger charge is -2.22. The Morgan fingerprint density at radius 2 is 1.85 bits per heavy atom. The Kier molecular flexibility index (Phi) is 3.49. The number of ether oxygens (including phenoxy) is 1. The third-order valence-electron chi connectivity index (χ3n) is 0.768. The predicted molar refractivity (Wildman–Crippen MR) is 41.0 cm³/mol. The van der Waals surface area contributed by atoms with Gasteiger partial charge >= 0.3 is 12.2 Å². The van der Waals surface area contributed by atoms with E-state index in [-0.39, 0.29) is 5.17 Å². The number of hydroxylamine groups is 1. The van der Waals surface area contributed by atoms with Crippen molar-refractivity contribution < 1.29 is 24.6 Å². The Balaban J connectivity index is 4.05. The normalized spacial score (nSPS) is 10.5. The van der Waals surface area contributed by atoms with E-state index >= 15 is 0 Å². The molecule has 0 heterocycles. The molecule has 0 aromatic rings. The van der Waals surface area contributed by atoms with Crippen LogP contribution in [0.1, 0.15) is 20.8 Å². The van der Waals surface area contributed by atoms with Crippen molar-refractivity contribution in [1.82, 2.24) is 10.6 Å². The van der Waals surface area contributed by atoms with Crippen molar-refractivity contribution in [3.63, 3.8) is 0 Å². The highest BCUT2D eigenvalue weighted by Gasteiger charge is 2.21. The van der Waals surface area contributed by atoms with Crippen LogP contribution in [0, 0.1) is 0 Å². The number of amides is 2. The van der Waals surface area contributed by atoms with Gasteiger partial charge in [0.25, 0.3) is 0 Å². The fraction of sp³-hybridized carbons (Fsp3) is 0.667. The van der Waals surface area contributed by atoms with Crippen LogP contribution in [0.3, 0.4) is 0 Å². The minimum atomic E-state index is -1.56. The minimum Gasteiger partial charge on any atom is -0.464 e. The van der Waals surface area contributed by atoms with Gasteiger partial charge in [-0.1, -0.05) is 5.17 Å². The molecular formula is C6H12N2O5. The maximum atomic E-state index is 10.8. The number of carboxylic acid groups (broad SMARTS) is 1. The van der Waals surface area contributed by atoms with Crippen LogP contribution in [-0.2, 0) is 4.74 Å². The van der Waals surface area contributed by atoms with Gasteiger partial charge in [-0.15, -0.1) is 0 Å². The molecule has 0 radical (unpaired) electrons. The second-order valence-corrected chi connectivity index (χ2v) is 3.21. The van der Waals surface area contributed by atoms with Crippen molar-refractivity contribution in [2.45, 2.75) is 26.4 Å². The molecule has 2 amide bonds. The first-order chi connectivity index (χ1) is 5.72. The van der Waals surface area contributed by atoms with Crippen LogP contribution in [0.4, 0.5) is 9.59 Å². The Morgan fingerprint density at radius 3 is 2.15 bits per heavy atom. The maximum absolute atomic E-state index is 10.8. The van der Waals surface area contributed by atoms with Gasteiger partial charge in [-0.3, -0.25) is 5.21 Å². The molecule has 13 heavy (non-hydrogen) atoms. The predicted octanol–water partition coefficient (Wildman–Crippen LogP) is 0.795. The zero-order valence-electron chi connectivity index (χ0n) is 7.57. The minimum absolute atomic E-state index is 0.242. The Hall–Kier alpha value is -1.50. The number of carbonyl (C=O) groups is 2. The van der Waals surface area contributed by atoms with Crippen molar-refractivity contribution in [1.29, 1.82) is 0 Å². The van der Waals surface area contributed by atoms with Gasteiger partial charge in [-0.2, -0.15) is 0 Å². The summed E-state index contributed by atoms with van der Waals surface area (Å²) in [6.07, 6.45) is -2.75. The standard InChI is InChI=1S/C6H12N2O5/c1-6(2,3)13-5(11)8(12)7-4(9)10/h7,12H,1-3H3,(H,9,10). The third-order valence-corrected chi connectivity index (χ3v) is 0.768. The van der Waals surface area contributed by atoms with E-state index in [0.29, 0.717) is 0 Å². The Labute approximate surface area is 74.8 Å². The van der Waals surface area contributed by atoms with Gasteiger partial charge < -0.3 is 9.84 Å². The number of hydrogen-bond acceptors (Lipinski definition) is 4. The Morgan fingerprint density at radius 1 is 1.38 bits per heavy atom. The molecule has 0 unspecified atom stereocenters. The van der Waals surface area contributed by atoms with Gasteiger partial charge in [0.2, 0.25) is 0 Å². The van der Waals surface area contributed by atoms with E-state index in [1.165, 1.54) is 5.43 Å². The molecule has 0 aliphatic carbocycles. The van der Waals surface area contributed by atoms with Crippen LogP contribution < -0.4 is 5.43 Å². The van der Waals surface area contributed by atoms with E-state index in [1.54, 1.807) is 20.8 Å². The average Bonchev–Trinajstić information content (AvgIpc) is 1.81. The summed E-state index contributed by atoms with van der Waals surface area (Å²) < 4.78 is 4.61. The highest BCUT2D eigenvalue weighted by molar-refractivity contribution is 5.71. The first-order valence-electron chi connectivity index (χ1n) is 3.44. The zero-order valence-corrected chi connectivity index (χ0v) is 7.57. The van der Waals surface area contributed by atoms with E-state index in [4.69, 9.17) is 10.3 Å². The fourth-order valence-electron chi connectivity index (χ4n) is 0.441. The van der Waals surface area contributed by atoms with Crippen molar-refractivity contribution in [3.8, 4) is 0 Å². The number of hydrazine groups is 1. The molecule has 0 atom stereocenters. The smallest absolute Gasteiger partial charge is 0.454 e. The van der Waals surface area contributed by atoms with Gasteiger partial charge in [0.1, 0.15) is 5.60 Å². The zero-order chi connectivity index (χ0) is 10.6. The first-order valence-corrected chi connectivity index (χ1v) is 3.44. The topological polar surface area (TPSA) is 99.1 Å². The van der Waals surface area contributed by atoms with Crippen LogP contribution in [0.5, 0.6) is 0 Å². The van der Waals surface area contributed by atoms with Crippen molar-refractivity contribution in [2.75, 3.05) is 0 Å². The summed E-state index contributed by atoms with van der Waals surface area (Å²) in [4.78, 5) is 20.8. The first kappa shape index (κ1) is 11.5. The number of rotatable bonds is 0. The molecule has 0 aliphatic rings. The summed E-state index contributed by atoms with van der Waals surface area (Å²) in [6, 6.07) is 0. The van der Waals surface area contributed by atoms with Gasteiger partial charge in [-0.05, 0) is 20.8 Å². The van der Waals surface area contributed by atoms with Crippen molar-refractivity contribution >= 4 is 12.2 Å². The summed E-state index contributed by atoms with van der Waals surface area (Å²) >= 11 is 0. The van der Waals surface area contributed by atoms with Crippen LogP contribution in [0.25, 0.3) is 0 Å². The van der Waals surface area contributed by atoms with Gasteiger partial charge in [-0.25, -0.2) is 15.0 Å². The average molecular weight is 192 g/mol. The third kappa shape index (κ3) is 5.74. The number of hydrogen-bond donors (Lipinski definition) is 3. The number of carbonyl (C=O) groups excluding carboxylic acids is 1. The number of nitrogens with zero attached hydrogens (tertiary/aromatic N) is 1. The summed E-state index contributed by atoms with van der Waals surface area (Å²) in [7, 11) is 0. The maximum Gasteiger partial charge on any atom is 0.454 e. The molecule has 0 saturated heterocycles. The molecule has 0 spiro atoms. The second kappa shape index (κ2) is 3.94. The molecule has 0 saturated carbocycles. The highest BCUT2D eigenvalue weighted by atomic mass is 16.7. The molecule has 0 aliphatic heterocycles. The van der Waals surface area contributed by atoms with E-state index in [2.05, 4.69) is 4.74 Å². The van der Waals surface area contributed by atoms with Crippen molar-refractivity contribution in [2.24, 2.45) is 0 Å². The molecule has 0 rings (SSSR count). The molecule has 0 aromatic carbocycles. The fourth-order valence-corrected chi connectivity index (χ4v) is 0.441. The largest absolute Gasteiger partial charge is 0.464 e. The Bertz CT molecular complexity index is 210. The summed E-state index contributed by atoms with van der Waals surface area (Å²) in [5.41, 5.74) is 0.603. The lowest BCUT2D eigenvalue weighted by Crippen LogP contribution is -2.45. The molecule has 0 bridgehead atoms.